The van der Waals surface area contributed by atoms with Crippen molar-refractivity contribution in [3.63, 3.8) is 0 Å². The summed E-state index contributed by atoms with van der Waals surface area (Å²) in [6.07, 6.45) is 33.0. The number of thiol groups is 2. The summed E-state index contributed by atoms with van der Waals surface area (Å²) >= 11 is 10.9. The second kappa shape index (κ2) is 57.8. The van der Waals surface area contributed by atoms with Gasteiger partial charge in [0.15, 0.2) is 0 Å². The maximum atomic E-state index is 6.54. The molecule has 0 radical (unpaired) electrons. The summed E-state index contributed by atoms with van der Waals surface area (Å²) in [5, 5.41) is 0. The fourth-order valence-electron chi connectivity index (χ4n) is 13.7. The van der Waals surface area contributed by atoms with Crippen molar-refractivity contribution in [3.05, 3.63) is 0 Å². The zero-order valence-electron chi connectivity index (χ0n) is 59.4. The van der Waals surface area contributed by atoms with Gasteiger partial charge in [-0.1, -0.05) is 167 Å². The van der Waals surface area contributed by atoms with Crippen molar-refractivity contribution >= 4 is 125 Å². The van der Waals surface area contributed by atoms with Crippen molar-refractivity contribution in [1.29, 1.82) is 0 Å². The van der Waals surface area contributed by atoms with Gasteiger partial charge in [0, 0.05) is 126 Å². The van der Waals surface area contributed by atoms with Crippen LogP contribution >= 0.6 is 90.0 Å². The summed E-state index contributed by atoms with van der Waals surface area (Å²) in [6.45, 7) is 32.0. The summed E-state index contributed by atoms with van der Waals surface area (Å²) in [6, 6.07) is 1.75. The normalized spacial score (nSPS) is 21.9. The van der Waals surface area contributed by atoms with E-state index in [0.29, 0.717) is 103 Å². The molecular formula is C66H138O12S8Si4. The van der Waals surface area contributed by atoms with Crippen molar-refractivity contribution in [2.45, 2.75) is 272 Å². The lowest BCUT2D eigenvalue weighted by atomic mass is 9.76. The van der Waals surface area contributed by atoms with E-state index in [0.717, 1.165) is 72.6 Å². The largest absolute Gasteiger partial charge is 0.514 e. The van der Waals surface area contributed by atoms with Gasteiger partial charge in [0.2, 0.25) is 0 Å². The Hall–Kier alpha value is 3.19. The van der Waals surface area contributed by atoms with Crippen LogP contribution in [0.3, 0.4) is 0 Å². The third-order valence-corrected chi connectivity index (χ3v) is 40.0. The molecule has 0 aliphatic heterocycles. The molecule has 2 rings (SSSR count). The topological polar surface area (TPSA) is 111 Å². The van der Waals surface area contributed by atoms with Gasteiger partial charge in [-0.25, -0.2) is 0 Å². The minimum absolute atomic E-state index is 0.0468. The first-order chi connectivity index (χ1) is 43.9. The molecule has 0 N–H and O–H groups in total. The first kappa shape index (κ1) is 89.3. The Morgan fingerprint density at radius 3 is 0.822 bits per heavy atom. The molecule has 538 valence electrons. The molecule has 0 heterocycles. The van der Waals surface area contributed by atoms with Gasteiger partial charge in [-0.2, -0.15) is 25.3 Å². The Morgan fingerprint density at radius 1 is 0.300 bits per heavy atom. The SMILES string of the molecule is CCO[Si](CCCSSCCC1CC(CCSSCCC2CCCCCCCCC(CC(S)[Si](OCC)(OCC)OCC)C(CCSSCCC[Si](OCC)(OCC)OCC)C2)CCCCCCCCC1CC(S)[Si](OCC)(OCC)OCC)(OCC)OCC. The highest BCUT2D eigenvalue weighted by molar-refractivity contribution is 8.77. The van der Waals surface area contributed by atoms with E-state index in [1.165, 1.54) is 153 Å². The molecule has 8 atom stereocenters. The van der Waals surface area contributed by atoms with Crippen LogP contribution in [0.25, 0.3) is 0 Å². The van der Waals surface area contributed by atoms with Crippen LogP contribution in [0.4, 0.5) is 0 Å². The zero-order chi connectivity index (χ0) is 65.9. The predicted molar refractivity (Wildman–Crippen MR) is 413 cm³/mol. The van der Waals surface area contributed by atoms with Crippen LogP contribution < -0.4 is 0 Å². The maximum absolute atomic E-state index is 6.54. The zero-order valence-corrected chi connectivity index (χ0v) is 70.1. The third kappa shape index (κ3) is 37.7. The van der Waals surface area contributed by atoms with Crippen LogP contribution in [-0.4, -0.2) is 159 Å². The summed E-state index contributed by atoms with van der Waals surface area (Å²) in [5.41, 5.74) is 0. The van der Waals surface area contributed by atoms with Gasteiger partial charge in [-0.05, 0) is 183 Å². The molecule has 0 bridgehead atoms. The highest BCUT2D eigenvalue weighted by atomic mass is 33.1. The lowest BCUT2D eigenvalue weighted by molar-refractivity contribution is 0.0649. The van der Waals surface area contributed by atoms with Gasteiger partial charge >= 0.3 is 35.2 Å². The van der Waals surface area contributed by atoms with Crippen LogP contribution in [0.5, 0.6) is 0 Å². The average Bonchev–Trinajstić information content (AvgIpc) is 2.29. The summed E-state index contributed by atoms with van der Waals surface area (Å²) < 4.78 is 76.4. The van der Waals surface area contributed by atoms with E-state index in [4.69, 9.17) is 78.4 Å². The van der Waals surface area contributed by atoms with Gasteiger partial charge in [0.25, 0.3) is 0 Å². The minimum Gasteiger partial charge on any atom is -0.374 e. The van der Waals surface area contributed by atoms with Crippen molar-refractivity contribution in [1.82, 2.24) is 0 Å². The number of rotatable bonds is 53. The first-order valence-corrected chi connectivity index (χ1v) is 52.6. The Kier molecular flexibility index (Phi) is 57.3. The van der Waals surface area contributed by atoms with Crippen molar-refractivity contribution in [2.24, 2.45) is 35.5 Å². The summed E-state index contributed by atoms with van der Waals surface area (Å²) in [4.78, 5) is -0.0935. The maximum Gasteiger partial charge on any atom is 0.514 e. The fourth-order valence-corrected chi connectivity index (χ4v) is 33.4. The van der Waals surface area contributed by atoms with Gasteiger partial charge in [0.1, 0.15) is 0 Å². The molecule has 2 saturated carbocycles. The number of hydrogen-bond acceptors (Lipinski definition) is 20. The molecule has 0 aromatic rings. The fraction of sp³-hybridized carbons (Fsp3) is 1.00. The van der Waals surface area contributed by atoms with Crippen LogP contribution in [0, 0.1) is 35.5 Å². The second-order valence-corrected chi connectivity index (χ2v) is 45.5. The summed E-state index contributed by atoms with van der Waals surface area (Å²) in [7, 11) is 1.26. The van der Waals surface area contributed by atoms with E-state index in [-0.39, 0.29) is 9.75 Å². The van der Waals surface area contributed by atoms with Crippen molar-refractivity contribution in [2.75, 3.05) is 114 Å². The predicted octanol–water partition coefficient (Wildman–Crippen LogP) is 20.9. The highest BCUT2D eigenvalue weighted by Crippen LogP contribution is 2.43. The molecule has 2 aliphatic carbocycles. The minimum atomic E-state index is -3.01. The molecule has 12 nitrogen and oxygen atoms in total. The molecule has 0 amide bonds. The average molecular weight is 1490 g/mol. The van der Waals surface area contributed by atoms with Crippen LogP contribution in [-0.2, 0) is 53.1 Å². The first-order valence-electron chi connectivity index (χ1n) is 36.6. The number of hydrogen-bond donors (Lipinski definition) is 2. The van der Waals surface area contributed by atoms with Crippen molar-refractivity contribution in [3.8, 4) is 0 Å². The van der Waals surface area contributed by atoms with Crippen LogP contribution in [0.2, 0.25) is 12.1 Å². The lowest BCUT2D eigenvalue weighted by Gasteiger charge is -2.37. The molecule has 0 aromatic carbocycles. The molecule has 2 aliphatic rings. The second-order valence-electron chi connectivity index (χ2n) is 24.2. The van der Waals surface area contributed by atoms with E-state index in [2.05, 4.69) is 126 Å². The third-order valence-electron chi connectivity index (χ3n) is 17.6. The van der Waals surface area contributed by atoms with Gasteiger partial charge in [-0.15, -0.1) is 0 Å². The van der Waals surface area contributed by atoms with E-state index < -0.39 is 35.2 Å². The van der Waals surface area contributed by atoms with Gasteiger partial charge in [0.05, 0.1) is 9.75 Å². The quantitative estimate of drug-likeness (QED) is 0.0261. The van der Waals surface area contributed by atoms with Gasteiger partial charge < -0.3 is 53.1 Å². The molecule has 2 fully saturated rings. The van der Waals surface area contributed by atoms with E-state index in [1.807, 2.05) is 21.6 Å². The van der Waals surface area contributed by atoms with Crippen LogP contribution in [0.15, 0.2) is 0 Å². The standard InChI is InChI=1S/C66H138O12S8Si4/c1-13-67-87(68-14-2,69-15-3)53-37-47-81-85-51-45-63-55-59(39-33-29-25-27-31-35-41-61(63)57-65(79)89(73-19-7,74-20-8)75-21-9)43-49-83-84-50-44-60-40-34-30-26-28-32-36-42-62(58-66(80)90(76-22-10,77-23-11)78-24-12)64(56-60)46-52-86-82-48-38-54-88(70-16-4,71-17-5)72-18-6/h59-66,79-80H,13-58H2,1-12H3. The molecule has 0 aromatic heterocycles. The molecular weight excluding hydrogens is 1350 g/mol. The molecule has 24 heteroatoms. The molecule has 0 saturated heterocycles. The summed E-state index contributed by atoms with van der Waals surface area (Å²) in [5.74, 6) is 10.7. The van der Waals surface area contributed by atoms with Gasteiger partial charge in [-0.3, -0.25) is 0 Å². The lowest BCUT2D eigenvalue weighted by Crippen LogP contribution is -2.55. The molecule has 8 unspecified atom stereocenters. The van der Waals surface area contributed by atoms with E-state index >= 15 is 0 Å². The smallest absolute Gasteiger partial charge is 0.374 e. The molecule has 0 spiro atoms. The Bertz CT molecular complexity index is 1450. The van der Waals surface area contributed by atoms with E-state index in [1.54, 1.807) is 0 Å². The highest BCUT2D eigenvalue weighted by Gasteiger charge is 2.50. The van der Waals surface area contributed by atoms with E-state index in [9.17, 15) is 0 Å². The monoisotopic (exact) mass is 1490 g/mol. The Labute approximate surface area is 594 Å². The van der Waals surface area contributed by atoms with Crippen LogP contribution in [0.1, 0.15) is 250 Å². The Balaban J connectivity index is 2.35. The van der Waals surface area contributed by atoms with Crippen molar-refractivity contribution < 1.29 is 53.1 Å². The molecule has 90 heavy (non-hydrogen) atoms. The Morgan fingerprint density at radius 2 is 0.544 bits per heavy atom.